The summed E-state index contributed by atoms with van der Waals surface area (Å²) >= 11 is 0. The summed E-state index contributed by atoms with van der Waals surface area (Å²) in [5, 5.41) is 10.9. The highest BCUT2D eigenvalue weighted by Gasteiger charge is 2.09. The van der Waals surface area contributed by atoms with E-state index in [9.17, 15) is 4.79 Å². The SMILES string of the molecule is CC(NCc1cc2ccccc2[nH]c1=O)c1ncn[nH]1. The molecule has 3 rings (SSSR count). The summed E-state index contributed by atoms with van der Waals surface area (Å²) in [6, 6.07) is 9.65. The van der Waals surface area contributed by atoms with Gasteiger partial charge in [-0.25, -0.2) is 4.98 Å². The van der Waals surface area contributed by atoms with Crippen molar-refractivity contribution in [3.05, 3.63) is 58.4 Å². The molecule has 3 N–H and O–H groups in total. The summed E-state index contributed by atoms with van der Waals surface area (Å²) in [7, 11) is 0. The second-order valence-corrected chi connectivity index (χ2v) is 4.68. The van der Waals surface area contributed by atoms with E-state index in [0.29, 0.717) is 12.1 Å². The molecule has 1 atom stereocenters. The molecule has 0 spiro atoms. The lowest BCUT2D eigenvalue weighted by molar-refractivity contribution is 0.546. The van der Waals surface area contributed by atoms with E-state index in [1.165, 1.54) is 6.33 Å². The van der Waals surface area contributed by atoms with E-state index >= 15 is 0 Å². The molecule has 0 saturated heterocycles. The third-order valence-electron chi connectivity index (χ3n) is 3.27. The Hall–Kier alpha value is -2.47. The number of para-hydroxylation sites is 1. The molecule has 0 amide bonds. The first-order chi connectivity index (χ1) is 9.74. The molecule has 2 aromatic heterocycles. The van der Waals surface area contributed by atoms with Crippen LogP contribution in [0.4, 0.5) is 0 Å². The summed E-state index contributed by atoms with van der Waals surface area (Å²) in [4.78, 5) is 19.0. The largest absolute Gasteiger partial charge is 0.322 e. The molecule has 1 aromatic carbocycles. The highest BCUT2D eigenvalue weighted by Crippen LogP contribution is 2.11. The lowest BCUT2D eigenvalue weighted by Crippen LogP contribution is -2.24. The molecular weight excluding hydrogens is 254 g/mol. The van der Waals surface area contributed by atoms with Gasteiger partial charge in [0.15, 0.2) is 0 Å². The monoisotopic (exact) mass is 269 g/mol. The Morgan fingerprint density at radius 3 is 3.00 bits per heavy atom. The average Bonchev–Trinajstić information content (AvgIpc) is 2.99. The summed E-state index contributed by atoms with van der Waals surface area (Å²) in [6.07, 6.45) is 1.47. The maximum atomic E-state index is 12.0. The highest BCUT2D eigenvalue weighted by molar-refractivity contribution is 5.78. The molecule has 0 fully saturated rings. The number of hydrogen-bond acceptors (Lipinski definition) is 4. The Kier molecular flexibility index (Phi) is 3.30. The topological polar surface area (TPSA) is 86.5 Å². The zero-order valence-corrected chi connectivity index (χ0v) is 11.1. The Balaban J connectivity index is 1.80. The number of nitrogens with one attached hydrogen (secondary N) is 3. The van der Waals surface area contributed by atoms with Crippen LogP contribution in [-0.2, 0) is 6.54 Å². The number of benzene rings is 1. The van der Waals surface area contributed by atoms with Gasteiger partial charge in [-0.05, 0) is 24.4 Å². The van der Waals surface area contributed by atoms with Crippen molar-refractivity contribution in [2.75, 3.05) is 0 Å². The van der Waals surface area contributed by atoms with Gasteiger partial charge in [0.25, 0.3) is 5.56 Å². The normalized spacial score (nSPS) is 12.7. The molecule has 0 aliphatic heterocycles. The van der Waals surface area contributed by atoms with Crippen molar-refractivity contribution in [2.45, 2.75) is 19.5 Å². The van der Waals surface area contributed by atoms with Gasteiger partial charge in [-0.15, -0.1) is 0 Å². The van der Waals surface area contributed by atoms with Crippen molar-refractivity contribution >= 4 is 10.9 Å². The molecule has 3 aromatic rings. The predicted molar refractivity (Wildman–Crippen MR) is 76.2 cm³/mol. The standard InChI is InChI=1S/C14H15N5O/c1-9(13-16-8-17-19-13)15-7-11-6-10-4-2-3-5-12(10)18-14(11)20/h2-6,8-9,15H,7H2,1H3,(H,18,20)(H,16,17,19). The van der Waals surface area contributed by atoms with Crippen molar-refractivity contribution in [2.24, 2.45) is 0 Å². The highest BCUT2D eigenvalue weighted by atomic mass is 16.1. The number of fused-ring (bicyclic) bond motifs is 1. The Bertz CT molecular complexity index is 763. The lowest BCUT2D eigenvalue weighted by atomic mass is 10.1. The summed E-state index contributed by atoms with van der Waals surface area (Å²) < 4.78 is 0. The van der Waals surface area contributed by atoms with Gasteiger partial charge in [0.05, 0.1) is 6.04 Å². The van der Waals surface area contributed by atoms with Gasteiger partial charge in [-0.1, -0.05) is 18.2 Å². The van der Waals surface area contributed by atoms with E-state index in [4.69, 9.17) is 0 Å². The second-order valence-electron chi connectivity index (χ2n) is 4.68. The molecule has 1 unspecified atom stereocenters. The van der Waals surface area contributed by atoms with E-state index < -0.39 is 0 Å². The number of aromatic amines is 2. The van der Waals surface area contributed by atoms with E-state index in [1.807, 2.05) is 37.3 Å². The van der Waals surface area contributed by atoms with Crippen LogP contribution in [-0.4, -0.2) is 20.2 Å². The molecule has 102 valence electrons. The van der Waals surface area contributed by atoms with Crippen LogP contribution >= 0.6 is 0 Å². The Morgan fingerprint density at radius 1 is 1.35 bits per heavy atom. The maximum Gasteiger partial charge on any atom is 0.252 e. The van der Waals surface area contributed by atoms with Crippen molar-refractivity contribution in [1.29, 1.82) is 0 Å². The van der Waals surface area contributed by atoms with Crippen LogP contribution in [0.5, 0.6) is 0 Å². The zero-order chi connectivity index (χ0) is 13.9. The molecule has 2 heterocycles. The van der Waals surface area contributed by atoms with Crippen LogP contribution in [0.15, 0.2) is 41.5 Å². The van der Waals surface area contributed by atoms with Gasteiger partial charge in [0.1, 0.15) is 12.2 Å². The zero-order valence-electron chi connectivity index (χ0n) is 11.1. The minimum atomic E-state index is -0.0685. The van der Waals surface area contributed by atoms with Crippen molar-refractivity contribution in [3.8, 4) is 0 Å². The minimum absolute atomic E-state index is 0.00312. The second kappa shape index (κ2) is 5.26. The summed E-state index contributed by atoms with van der Waals surface area (Å²) in [5.41, 5.74) is 1.49. The van der Waals surface area contributed by atoms with Gasteiger partial charge in [-0.3, -0.25) is 9.89 Å². The fourth-order valence-corrected chi connectivity index (χ4v) is 2.11. The molecule has 0 aliphatic rings. The van der Waals surface area contributed by atoms with E-state index in [2.05, 4.69) is 25.5 Å². The average molecular weight is 269 g/mol. The van der Waals surface area contributed by atoms with Crippen LogP contribution in [0.25, 0.3) is 10.9 Å². The number of hydrogen-bond donors (Lipinski definition) is 3. The predicted octanol–water partition coefficient (Wildman–Crippen LogP) is 1.50. The van der Waals surface area contributed by atoms with Crippen LogP contribution in [0.1, 0.15) is 24.4 Å². The summed E-state index contributed by atoms with van der Waals surface area (Å²) in [6.45, 7) is 2.44. The Labute approximate surface area is 115 Å². The molecule has 6 nitrogen and oxygen atoms in total. The van der Waals surface area contributed by atoms with Gasteiger partial charge in [-0.2, -0.15) is 5.10 Å². The molecule has 0 radical (unpaired) electrons. The number of nitrogens with zero attached hydrogens (tertiary/aromatic N) is 2. The minimum Gasteiger partial charge on any atom is -0.322 e. The van der Waals surface area contributed by atoms with Crippen LogP contribution in [0.3, 0.4) is 0 Å². The molecule has 0 bridgehead atoms. The molecular formula is C14H15N5O. The quantitative estimate of drug-likeness (QED) is 0.670. The molecule has 0 aliphatic carbocycles. The van der Waals surface area contributed by atoms with Crippen LogP contribution < -0.4 is 10.9 Å². The third-order valence-corrected chi connectivity index (χ3v) is 3.27. The molecule has 0 saturated carbocycles. The fraction of sp³-hybridized carbons (Fsp3) is 0.214. The first kappa shape index (κ1) is 12.6. The first-order valence-electron chi connectivity index (χ1n) is 6.43. The van der Waals surface area contributed by atoms with Crippen molar-refractivity contribution in [1.82, 2.24) is 25.5 Å². The van der Waals surface area contributed by atoms with Crippen LogP contribution in [0, 0.1) is 0 Å². The van der Waals surface area contributed by atoms with Gasteiger partial charge >= 0.3 is 0 Å². The number of pyridine rings is 1. The van der Waals surface area contributed by atoms with Crippen LogP contribution in [0.2, 0.25) is 0 Å². The Morgan fingerprint density at radius 2 is 2.20 bits per heavy atom. The molecule has 6 heteroatoms. The van der Waals surface area contributed by atoms with Gasteiger partial charge < -0.3 is 10.3 Å². The number of aromatic nitrogens is 4. The van der Waals surface area contributed by atoms with Crippen molar-refractivity contribution in [3.63, 3.8) is 0 Å². The smallest absolute Gasteiger partial charge is 0.252 e. The van der Waals surface area contributed by atoms with Gasteiger partial charge in [0, 0.05) is 17.6 Å². The molecule has 20 heavy (non-hydrogen) atoms. The van der Waals surface area contributed by atoms with E-state index in [1.54, 1.807) is 0 Å². The number of rotatable bonds is 4. The first-order valence-corrected chi connectivity index (χ1v) is 6.43. The van der Waals surface area contributed by atoms with E-state index in [-0.39, 0.29) is 11.6 Å². The lowest BCUT2D eigenvalue weighted by Gasteiger charge is -2.10. The summed E-state index contributed by atoms with van der Waals surface area (Å²) in [5.74, 6) is 0.752. The van der Waals surface area contributed by atoms with Gasteiger partial charge in [0.2, 0.25) is 0 Å². The fourth-order valence-electron chi connectivity index (χ4n) is 2.11. The maximum absolute atomic E-state index is 12.0. The number of H-pyrrole nitrogens is 2. The third kappa shape index (κ3) is 2.46. The van der Waals surface area contributed by atoms with E-state index in [0.717, 1.165) is 16.7 Å². The van der Waals surface area contributed by atoms with Crippen molar-refractivity contribution < 1.29 is 0 Å².